The molecule has 0 aromatic carbocycles. The van der Waals surface area contributed by atoms with Gasteiger partial charge in [0.15, 0.2) is 0 Å². The van der Waals surface area contributed by atoms with Gasteiger partial charge in [0.1, 0.15) is 0 Å². The predicted molar refractivity (Wildman–Crippen MR) is 20.4 cm³/mol. The monoisotopic (exact) mass is 70.1 g/mol. The molecule has 0 saturated heterocycles. The third kappa shape index (κ3) is 3.23. The number of hydrogen-bond acceptors (Lipinski definition) is 1. The van der Waals surface area contributed by atoms with Crippen molar-refractivity contribution in [1.82, 2.24) is 0 Å². The molecule has 0 saturated carbocycles. The van der Waals surface area contributed by atoms with Crippen LogP contribution < -0.4 is 0 Å². The SMILES string of the molecule is [2H]C([2H])([2H])C(=C)C#N. The van der Waals surface area contributed by atoms with Gasteiger partial charge in [0, 0.05) is 9.69 Å². The molecule has 5 heavy (non-hydrogen) atoms. The van der Waals surface area contributed by atoms with Crippen molar-refractivity contribution in [3.8, 4) is 6.07 Å². The van der Waals surface area contributed by atoms with Crippen LogP contribution in [0.3, 0.4) is 0 Å². The summed E-state index contributed by atoms with van der Waals surface area (Å²) in [5.74, 6) is 0. The molecule has 0 radical (unpaired) electrons. The molecule has 0 unspecified atom stereocenters. The third-order valence-electron chi connectivity index (χ3n) is 0.135. The summed E-state index contributed by atoms with van der Waals surface area (Å²) in [6.07, 6.45) is 0. The summed E-state index contributed by atoms with van der Waals surface area (Å²) in [7, 11) is 0. The van der Waals surface area contributed by atoms with Gasteiger partial charge in [-0.05, 0) is 6.85 Å². The summed E-state index contributed by atoms with van der Waals surface area (Å²) in [5, 5.41) is 7.96. The van der Waals surface area contributed by atoms with Crippen molar-refractivity contribution in [3.05, 3.63) is 12.2 Å². The molecule has 1 nitrogen and oxygen atoms in total. The maximum absolute atomic E-state index is 7.96. The minimum atomic E-state index is -2.30. The highest BCUT2D eigenvalue weighted by atomic mass is 14.2. The van der Waals surface area contributed by atoms with Crippen LogP contribution in [-0.4, -0.2) is 0 Å². The van der Waals surface area contributed by atoms with Crippen molar-refractivity contribution in [2.45, 2.75) is 6.85 Å². The maximum atomic E-state index is 7.96. The van der Waals surface area contributed by atoms with Crippen LogP contribution in [0.15, 0.2) is 12.2 Å². The largest absolute Gasteiger partial charge is 0.193 e. The Morgan fingerprint density at radius 2 is 3.00 bits per heavy atom. The lowest BCUT2D eigenvalue weighted by Crippen LogP contribution is -1.51. The number of nitrogens with zero attached hydrogens (tertiary/aromatic N) is 1. The molecule has 0 aliphatic carbocycles. The van der Waals surface area contributed by atoms with E-state index in [1.807, 2.05) is 0 Å². The fraction of sp³-hybridized carbons (Fsp3) is 0.250. The second kappa shape index (κ2) is 1.54. The molecular weight excluding hydrogens is 62.1 g/mol. The smallest absolute Gasteiger partial charge is 0.0937 e. The summed E-state index contributed by atoms with van der Waals surface area (Å²) in [6, 6.07) is 1.45. The fourth-order valence-electron chi connectivity index (χ4n) is 0. The summed E-state index contributed by atoms with van der Waals surface area (Å²) in [5.41, 5.74) is -0.363. The van der Waals surface area contributed by atoms with Crippen LogP contribution >= 0.6 is 0 Å². The molecule has 26 valence electrons. The molecule has 0 heterocycles. The average molecular weight is 70.1 g/mol. The lowest BCUT2D eigenvalue weighted by atomic mass is 10.4. The van der Waals surface area contributed by atoms with E-state index in [2.05, 4.69) is 6.58 Å². The van der Waals surface area contributed by atoms with Gasteiger partial charge < -0.3 is 0 Å². The van der Waals surface area contributed by atoms with E-state index in [4.69, 9.17) is 9.37 Å². The number of rotatable bonds is 0. The molecule has 0 amide bonds. The van der Waals surface area contributed by atoms with Crippen molar-refractivity contribution in [1.29, 1.82) is 5.26 Å². The lowest BCUT2D eigenvalue weighted by Gasteiger charge is -1.61. The Kier molecular flexibility index (Phi) is 0.350. The van der Waals surface area contributed by atoms with E-state index in [0.29, 0.717) is 0 Å². The van der Waals surface area contributed by atoms with Crippen LogP contribution in [0, 0.1) is 11.3 Å². The van der Waals surface area contributed by atoms with E-state index in [0.717, 1.165) is 0 Å². The van der Waals surface area contributed by atoms with Crippen molar-refractivity contribution < 1.29 is 4.11 Å². The van der Waals surface area contributed by atoms with E-state index in [-0.39, 0.29) is 5.57 Å². The highest BCUT2D eigenvalue weighted by molar-refractivity contribution is 5.11. The second-order valence-corrected chi connectivity index (χ2v) is 0.590. The zero-order valence-corrected chi connectivity index (χ0v) is 2.65. The van der Waals surface area contributed by atoms with Crippen molar-refractivity contribution in [2.24, 2.45) is 0 Å². The van der Waals surface area contributed by atoms with E-state index >= 15 is 0 Å². The molecule has 0 atom stereocenters. The summed E-state index contributed by atoms with van der Waals surface area (Å²) in [4.78, 5) is 0. The Hall–Kier alpha value is -0.770. The normalized spacial score (nSPS) is 17.0. The maximum Gasteiger partial charge on any atom is 0.0937 e. The van der Waals surface area contributed by atoms with Gasteiger partial charge in [0.2, 0.25) is 0 Å². The number of hydrogen-bond donors (Lipinski definition) is 0. The fourth-order valence-corrected chi connectivity index (χ4v) is 0. The lowest BCUT2D eigenvalue weighted by molar-refractivity contribution is 1.46. The van der Waals surface area contributed by atoms with Crippen molar-refractivity contribution in [3.63, 3.8) is 0 Å². The van der Waals surface area contributed by atoms with Crippen molar-refractivity contribution in [2.75, 3.05) is 0 Å². The Morgan fingerprint density at radius 3 is 3.00 bits per heavy atom. The molecular formula is C4H5N. The molecule has 0 spiro atoms. The molecule has 1 heteroatoms. The van der Waals surface area contributed by atoms with Gasteiger partial charge in [0.05, 0.1) is 6.07 Å². The van der Waals surface area contributed by atoms with Crippen LogP contribution in [0.2, 0.25) is 0 Å². The Bertz CT molecular complexity index is 138. The summed E-state index contributed by atoms with van der Waals surface area (Å²) in [6.45, 7) is 0.724. The van der Waals surface area contributed by atoms with Crippen LogP contribution in [0.4, 0.5) is 0 Å². The van der Waals surface area contributed by atoms with Gasteiger partial charge in [0.25, 0.3) is 0 Å². The number of nitriles is 1. The van der Waals surface area contributed by atoms with Crippen molar-refractivity contribution >= 4 is 0 Å². The van der Waals surface area contributed by atoms with E-state index in [1.54, 1.807) is 0 Å². The van der Waals surface area contributed by atoms with Crippen LogP contribution in [-0.2, 0) is 0 Å². The average Bonchev–Trinajstić information content (AvgIpc) is 1.62. The van der Waals surface area contributed by atoms with Crippen LogP contribution in [0.25, 0.3) is 0 Å². The van der Waals surface area contributed by atoms with E-state index in [1.165, 1.54) is 6.07 Å². The molecule has 0 aromatic rings. The molecule has 0 N–H and O–H groups in total. The van der Waals surface area contributed by atoms with Crippen LogP contribution in [0.5, 0.6) is 0 Å². The molecule has 0 aromatic heterocycles. The van der Waals surface area contributed by atoms with Gasteiger partial charge in [-0.3, -0.25) is 0 Å². The minimum absolute atomic E-state index is 0.363. The minimum Gasteiger partial charge on any atom is -0.193 e. The van der Waals surface area contributed by atoms with Gasteiger partial charge in [-0.25, -0.2) is 0 Å². The van der Waals surface area contributed by atoms with E-state index in [9.17, 15) is 0 Å². The summed E-state index contributed by atoms with van der Waals surface area (Å²) >= 11 is 0. The second-order valence-electron chi connectivity index (χ2n) is 0.590. The van der Waals surface area contributed by atoms with Gasteiger partial charge in [-0.2, -0.15) is 5.26 Å². The standard InChI is InChI=1S/C4H5N/c1-4(2)3-5/h1H2,2H3/i2D3. The number of allylic oxidation sites excluding steroid dienone is 1. The molecule has 0 aliphatic rings. The Balaban J connectivity index is 4.09. The zero-order chi connectivity index (χ0) is 6.78. The van der Waals surface area contributed by atoms with Crippen LogP contribution in [0.1, 0.15) is 11.0 Å². The van der Waals surface area contributed by atoms with Gasteiger partial charge in [-0.1, -0.05) is 6.58 Å². The topological polar surface area (TPSA) is 23.8 Å². The first-order chi connectivity index (χ1) is 3.48. The van der Waals surface area contributed by atoms with Gasteiger partial charge >= 0.3 is 0 Å². The predicted octanol–water partition coefficient (Wildman–Crippen LogP) is 1.09. The first kappa shape index (κ1) is 1.14. The van der Waals surface area contributed by atoms with E-state index < -0.39 is 6.85 Å². The molecule has 0 rings (SSSR count). The quantitative estimate of drug-likeness (QED) is 0.391. The molecule has 0 bridgehead atoms. The molecule has 0 fully saturated rings. The molecule has 0 aliphatic heterocycles. The zero-order valence-electron chi connectivity index (χ0n) is 5.65. The highest BCUT2D eigenvalue weighted by Crippen LogP contribution is 1.74. The Labute approximate surface area is 35.8 Å². The van der Waals surface area contributed by atoms with Gasteiger partial charge in [-0.15, -0.1) is 0 Å². The first-order valence-corrected chi connectivity index (χ1v) is 1.08. The Morgan fingerprint density at radius 1 is 2.40 bits per heavy atom. The first-order valence-electron chi connectivity index (χ1n) is 2.58. The summed E-state index contributed by atoms with van der Waals surface area (Å²) < 4.78 is 19.6. The third-order valence-corrected chi connectivity index (χ3v) is 0.135. The highest BCUT2D eigenvalue weighted by Gasteiger charge is 1.64.